The summed E-state index contributed by atoms with van der Waals surface area (Å²) in [6.45, 7) is 4.60. The van der Waals surface area contributed by atoms with E-state index in [0.717, 1.165) is 0 Å². The number of nitrogens with one attached hydrogen (secondary N) is 1. The normalized spacial score (nSPS) is 10.0. The molecule has 1 aromatic heterocycles. The van der Waals surface area contributed by atoms with Gasteiger partial charge in [-0.2, -0.15) is 29.6 Å². The van der Waals surface area contributed by atoms with Gasteiger partial charge in [-0.3, -0.25) is 0 Å². The van der Waals surface area contributed by atoms with Crippen LogP contribution in [0.15, 0.2) is 42.6 Å². The van der Waals surface area contributed by atoms with E-state index in [4.69, 9.17) is 0 Å². The maximum atomic E-state index is 3.44. The predicted molar refractivity (Wildman–Crippen MR) is 75.7 cm³/mol. The average molecular weight is 356 g/mol. The molecule has 0 saturated carbocycles. The molecular formula is C15H15Cl2NSiTi. The topological polar surface area (TPSA) is 15.8 Å². The minimum Gasteiger partial charge on any atom is -1.00 e. The van der Waals surface area contributed by atoms with Crippen molar-refractivity contribution in [3.8, 4) is 0 Å². The van der Waals surface area contributed by atoms with Crippen LogP contribution in [-0.4, -0.2) is 18.6 Å². The molecule has 0 amide bonds. The van der Waals surface area contributed by atoms with E-state index in [0.29, 0.717) is 0 Å². The van der Waals surface area contributed by atoms with Gasteiger partial charge in [-0.15, -0.1) is 40.9 Å². The van der Waals surface area contributed by atoms with E-state index >= 15 is 0 Å². The quantitative estimate of drug-likeness (QED) is 0.362. The summed E-state index contributed by atoms with van der Waals surface area (Å²) in [6, 6.07) is 12.1. The summed E-state index contributed by atoms with van der Waals surface area (Å²) >= 11 is 0. The monoisotopic (exact) mass is 355 g/mol. The van der Waals surface area contributed by atoms with E-state index in [1.165, 1.54) is 15.6 Å². The van der Waals surface area contributed by atoms with Crippen molar-refractivity contribution in [2.45, 2.75) is 13.1 Å². The van der Waals surface area contributed by atoms with E-state index in [2.05, 4.69) is 60.7 Å². The Kier molecular flexibility index (Phi) is 12.4. The van der Waals surface area contributed by atoms with Crippen molar-refractivity contribution in [1.29, 1.82) is 0 Å². The molecule has 102 valence electrons. The van der Waals surface area contributed by atoms with Crippen LogP contribution in [0.1, 0.15) is 0 Å². The van der Waals surface area contributed by atoms with Gasteiger partial charge < -0.3 is 29.8 Å². The van der Waals surface area contributed by atoms with Crippen molar-refractivity contribution < 1.29 is 46.5 Å². The zero-order chi connectivity index (χ0) is 12.1. The molecule has 1 heterocycles. The second-order valence-electron chi connectivity index (χ2n) is 4.08. The smallest absolute Gasteiger partial charge is 1.00 e. The maximum Gasteiger partial charge on any atom is 4.00 e. The fraction of sp³-hybridized carbons (Fsp3) is 0.133. The first-order valence-electron chi connectivity index (χ1n) is 5.65. The fourth-order valence-electron chi connectivity index (χ4n) is 1.58. The molecule has 0 aliphatic heterocycles. The minimum absolute atomic E-state index is 0. The largest absolute Gasteiger partial charge is 4.00 e. The summed E-state index contributed by atoms with van der Waals surface area (Å²) in [7, 11) is -0.329. The van der Waals surface area contributed by atoms with Crippen LogP contribution in [0.5, 0.6) is 0 Å². The maximum absolute atomic E-state index is 3.44. The standard InChI is InChI=1S/C11H11Si.C4H4N.2ClH.Ti/c1-12(2)11-7-9-5-3-4-6-10(9)8-11;1-2-4-5-3-1;;;/h3-7H,1-2H3;1-3,5H;2*1H;/q2*-1;;;+4/p-2. The van der Waals surface area contributed by atoms with Crippen molar-refractivity contribution in [2.24, 2.45) is 0 Å². The Morgan fingerprint density at radius 3 is 2.20 bits per heavy atom. The molecule has 3 rings (SSSR count). The van der Waals surface area contributed by atoms with Gasteiger partial charge in [0, 0.05) is 0 Å². The summed E-state index contributed by atoms with van der Waals surface area (Å²) in [4.78, 5) is 2.74. The summed E-state index contributed by atoms with van der Waals surface area (Å²) in [5.74, 6) is 0. The third kappa shape index (κ3) is 6.38. The van der Waals surface area contributed by atoms with Gasteiger partial charge in [0.05, 0.1) is 0 Å². The molecule has 0 fully saturated rings. The fourth-order valence-corrected chi connectivity index (χ4v) is 2.41. The third-order valence-corrected chi connectivity index (χ3v) is 3.86. The van der Waals surface area contributed by atoms with Gasteiger partial charge in [-0.25, -0.2) is 0 Å². The molecule has 1 aliphatic carbocycles. The number of aromatic nitrogens is 1. The van der Waals surface area contributed by atoms with E-state index in [1.54, 1.807) is 0 Å². The van der Waals surface area contributed by atoms with E-state index in [9.17, 15) is 0 Å². The molecular weight excluding hydrogens is 341 g/mol. The number of halogens is 2. The van der Waals surface area contributed by atoms with Gasteiger partial charge in [0.25, 0.3) is 0 Å². The molecule has 1 aromatic carbocycles. The van der Waals surface area contributed by atoms with E-state index in [-0.39, 0.29) is 54.9 Å². The molecule has 0 unspecified atom stereocenters. The Morgan fingerprint density at radius 2 is 1.75 bits per heavy atom. The number of benzene rings is 1. The van der Waals surface area contributed by atoms with Gasteiger partial charge in [0.1, 0.15) is 0 Å². The van der Waals surface area contributed by atoms with E-state index < -0.39 is 0 Å². The third-order valence-electron chi connectivity index (χ3n) is 2.51. The summed E-state index contributed by atoms with van der Waals surface area (Å²) in [5, 5.41) is 4.01. The van der Waals surface area contributed by atoms with Gasteiger partial charge >= 0.3 is 21.7 Å². The van der Waals surface area contributed by atoms with Crippen LogP contribution in [0.25, 0.3) is 12.2 Å². The van der Waals surface area contributed by atoms with Gasteiger partial charge in [0.2, 0.25) is 0 Å². The Hall–Kier alpha value is -0.379. The number of rotatable bonds is 0. The van der Waals surface area contributed by atoms with Crippen LogP contribution in [0.4, 0.5) is 0 Å². The molecule has 1 N–H and O–H groups in total. The Bertz CT molecular complexity index is 578. The molecule has 20 heavy (non-hydrogen) atoms. The Labute approximate surface area is 149 Å². The molecule has 0 bridgehead atoms. The van der Waals surface area contributed by atoms with Gasteiger partial charge in [-0.05, 0) is 8.41 Å². The predicted octanol–water partition coefficient (Wildman–Crippen LogP) is -4.53. The summed E-state index contributed by atoms with van der Waals surface area (Å²) in [6.07, 6.45) is 10.3. The SMILES string of the molecule is C[Si](C)=C1[C-]=c2ccccc2=C1.[Cl-].[Cl-].[Ti+4].[c-]1ccc[nH]1. The Balaban J connectivity index is 0. The number of hydrogen-bond acceptors (Lipinski definition) is 0. The first-order valence-corrected chi connectivity index (χ1v) is 8.15. The van der Waals surface area contributed by atoms with Crippen molar-refractivity contribution >= 4 is 25.7 Å². The van der Waals surface area contributed by atoms with Crippen molar-refractivity contribution in [2.75, 3.05) is 0 Å². The molecule has 5 heteroatoms. The molecule has 0 atom stereocenters. The van der Waals surface area contributed by atoms with Gasteiger partial charge in [-0.1, -0.05) is 19.2 Å². The number of hydrogen-bond donors (Lipinski definition) is 1. The molecule has 0 spiro atoms. The van der Waals surface area contributed by atoms with Crippen LogP contribution in [0, 0.1) is 6.20 Å². The first-order chi connectivity index (χ1) is 8.27. The Morgan fingerprint density at radius 1 is 1.05 bits per heavy atom. The van der Waals surface area contributed by atoms with Gasteiger partial charge in [0.15, 0.2) is 0 Å². The average Bonchev–Trinajstić information content (AvgIpc) is 3.01. The van der Waals surface area contributed by atoms with Crippen LogP contribution < -0.4 is 35.3 Å². The van der Waals surface area contributed by atoms with Crippen LogP contribution in [0.3, 0.4) is 0 Å². The second kappa shape index (κ2) is 11.3. The van der Waals surface area contributed by atoms with E-state index in [1.807, 2.05) is 18.3 Å². The van der Waals surface area contributed by atoms with Crippen molar-refractivity contribution in [1.82, 2.24) is 4.98 Å². The minimum atomic E-state index is -0.329. The second-order valence-corrected chi connectivity index (χ2v) is 6.62. The zero-order valence-electron chi connectivity index (χ0n) is 11.4. The van der Waals surface area contributed by atoms with Crippen molar-refractivity contribution in [3.05, 3.63) is 59.2 Å². The first kappa shape index (κ1) is 21.9. The molecule has 1 nitrogen and oxygen atoms in total. The number of aromatic amines is 1. The molecule has 2 aromatic rings. The zero-order valence-corrected chi connectivity index (χ0v) is 15.4. The van der Waals surface area contributed by atoms with Crippen LogP contribution in [-0.2, 0) is 21.7 Å². The van der Waals surface area contributed by atoms with Crippen LogP contribution in [0.2, 0.25) is 13.1 Å². The number of H-pyrrole nitrogens is 1. The summed E-state index contributed by atoms with van der Waals surface area (Å²) < 4.78 is 0. The van der Waals surface area contributed by atoms with Crippen LogP contribution >= 0.6 is 0 Å². The number of fused-ring (bicyclic) bond motifs is 1. The molecule has 1 aliphatic rings. The summed E-state index contributed by atoms with van der Waals surface area (Å²) in [5.41, 5.74) is 0. The molecule has 0 saturated heterocycles. The molecule has 0 radical (unpaired) electrons. The van der Waals surface area contributed by atoms with Crippen molar-refractivity contribution in [3.63, 3.8) is 0 Å².